The summed E-state index contributed by atoms with van der Waals surface area (Å²) in [4.78, 5) is 23.9. The minimum Gasteiger partial charge on any atom is -0.454 e. The first-order valence-corrected chi connectivity index (χ1v) is 9.14. The quantitative estimate of drug-likeness (QED) is 0.458. The van der Waals surface area contributed by atoms with E-state index in [1.807, 2.05) is 26.0 Å². The Kier molecular flexibility index (Phi) is 7.23. The second-order valence-corrected chi connectivity index (χ2v) is 6.51. The molecule has 1 heterocycles. The van der Waals surface area contributed by atoms with Crippen LogP contribution < -0.4 is 9.47 Å². The molecule has 0 aliphatic carbocycles. The van der Waals surface area contributed by atoms with Gasteiger partial charge < -0.3 is 9.47 Å². The minimum absolute atomic E-state index is 0.0695. The maximum absolute atomic E-state index is 12.0. The Morgan fingerprint density at radius 2 is 1.80 bits per heavy atom. The van der Waals surface area contributed by atoms with Crippen molar-refractivity contribution in [2.24, 2.45) is 5.92 Å². The first-order chi connectivity index (χ1) is 12.0. The van der Waals surface area contributed by atoms with E-state index in [0.717, 1.165) is 30.8 Å². The van der Waals surface area contributed by atoms with Gasteiger partial charge in [0.1, 0.15) is 11.6 Å². The van der Waals surface area contributed by atoms with Gasteiger partial charge in [-0.1, -0.05) is 31.6 Å². The van der Waals surface area contributed by atoms with Crippen LogP contribution in [0.25, 0.3) is 0 Å². The number of aryl methyl sites for hydroxylation is 1. The summed E-state index contributed by atoms with van der Waals surface area (Å²) in [5.41, 5.74) is 2.45. The van der Waals surface area contributed by atoms with Crippen molar-refractivity contribution in [1.29, 1.82) is 0 Å². The number of rotatable bonds is 10. The van der Waals surface area contributed by atoms with Crippen LogP contribution in [0.15, 0.2) is 29.8 Å². The Morgan fingerprint density at radius 3 is 2.48 bits per heavy atom. The highest BCUT2D eigenvalue weighted by Gasteiger charge is 2.23. The predicted octanol–water partition coefficient (Wildman–Crippen LogP) is 4.65. The summed E-state index contributed by atoms with van der Waals surface area (Å²) in [6, 6.07) is 6.04. The van der Waals surface area contributed by atoms with E-state index in [-0.39, 0.29) is 11.6 Å². The number of fused-ring (bicyclic) bond motifs is 1. The summed E-state index contributed by atoms with van der Waals surface area (Å²) in [5, 5.41) is 0. The van der Waals surface area contributed by atoms with Gasteiger partial charge in [0, 0.05) is 12.8 Å². The lowest BCUT2D eigenvalue weighted by atomic mass is 9.89. The summed E-state index contributed by atoms with van der Waals surface area (Å²) in [6.07, 6.45) is 6.36. The summed E-state index contributed by atoms with van der Waals surface area (Å²) < 4.78 is 10.7. The van der Waals surface area contributed by atoms with Gasteiger partial charge in [0.2, 0.25) is 6.79 Å². The molecule has 2 rings (SSSR count). The normalized spacial score (nSPS) is 13.4. The number of hydrogen-bond acceptors (Lipinski definition) is 4. The van der Waals surface area contributed by atoms with Gasteiger partial charge in [-0.25, -0.2) is 0 Å². The zero-order valence-corrected chi connectivity index (χ0v) is 15.5. The molecule has 0 amide bonds. The fourth-order valence-electron chi connectivity index (χ4n) is 3.05. The van der Waals surface area contributed by atoms with E-state index in [0.29, 0.717) is 26.1 Å². The molecule has 0 atom stereocenters. The van der Waals surface area contributed by atoms with Gasteiger partial charge >= 0.3 is 0 Å². The van der Waals surface area contributed by atoms with Crippen LogP contribution in [-0.4, -0.2) is 18.4 Å². The Bertz CT molecular complexity index is 629. The first-order valence-electron chi connectivity index (χ1n) is 9.14. The van der Waals surface area contributed by atoms with Crippen molar-refractivity contribution >= 4 is 11.6 Å². The first kappa shape index (κ1) is 19.2. The Morgan fingerprint density at radius 1 is 1.12 bits per heavy atom. The Labute approximate surface area is 150 Å². The number of ketones is 2. The van der Waals surface area contributed by atoms with Gasteiger partial charge in [0.25, 0.3) is 0 Å². The van der Waals surface area contributed by atoms with Crippen LogP contribution in [0.5, 0.6) is 11.5 Å². The lowest BCUT2D eigenvalue weighted by molar-refractivity contribution is -0.132. The molecule has 1 aromatic rings. The van der Waals surface area contributed by atoms with Gasteiger partial charge in [-0.3, -0.25) is 9.59 Å². The number of carbonyl (C=O) groups is 2. The second kappa shape index (κ2) is 9.40. The Hall–Kier alpha value is -2.10. The van der Waals surface area contributed by atoms with E-state index in [1.54, 1.807) is 0 Å². The van der Waals surface area contributed by atoms with Crippen molar-refractivity contribution in [3.63, 3.8) is 0 Å². The van der Waals surface area contributed by atoms with E-state index < -0.39 is 5.92 Å². The average molecular weight is 344 g/mol. The highest BCUT2D eigenvalue weighted by molar-refractivity contribution is 6.02. The molecule has 1 aliphatic rings. The summed E-state index contributed by atoms with van der Waals surface area (Å²) in [7, 11) is 0. The molecule has 0 aromatic heterocycles. The fourth-order valence-corrected chi connectivity index (χ4v) is 3.05. The lowest BCUT2D eigenvalue weighted by Gasteiger charge is -2.13. The fraction of sp³-hybridized carbons (Fsp3) is 0.524. The number of benzene rings is 1. The van der Waals surface area contributed by atoms with Crippen LogP contribution >= 0.6 is 0 Å². The van der Waals surface area contributed by atoms with Crippen LogP contribution in [0.3, 0.4) is 0 Å². The number of allylic oxidation sites excluding steroid dienone is 2. The van der Waals surface area contributed by atoms with Gasteiger partial charge in [-0.15, -0.1) is 0 Å². The van der Waals surface area contributed by atoms with Gasteiger partial charge in [-0.2, -0.15) is 0 Å². The molecule has 0 radical (unpaired) electrons. The van der Waals surface area contributed by atoms with Crippen LogP contribution in [0.1, 0.15) is 58.4 Å². The molecule has 136 valence electrons. The molecular formula is C21H28O4. The average Bonchev–Trinajstić information content (AvgIpc) is 3.09. The monoisotopic (exact) mass is 344 g/mol. The number of Topliss-reactive ketones (excluding diaryl/α,β-unsaturated/α-hetero) is 2. The molecular weight excluding hydrogens is 316 g/mol. The van der Waals surface area contributed by atoms with Crippen molar-refractivity contribution in [3.8, 4) is 11.5 Å². The van der Waals surface area contributed by atoms with Crippen LogP contribution in [-0.2, 0) is 16.0 Å². The minimum atomic E-state index is -0.424. The Balaban J connectivity index is 1.82. The molecule has 1 aromatic carbocycles. The molecule has 0 N–H and O–H groups in total. The van der Waals surface area contributed by atoms with Crippen LogP contribution in [0.2, 0.25) is 0 Å². The number of hydrogen-bond donors (Lipinski definition) is 0. The van der Waals surface area contributed by atoms with Gasteiger partial charge in [0.05, 0.1) is 5.92 Å². The third-order valence-corrected chi connectivity index (χ3v) is 4.66. The van der Waals surface area contributed by atoms with Crippen molar-refractivity contribution in [3.05, 3.63) is 35.4 Å². The molecule has 0 fully saturated rings. The van der Waals surface area contributed by atoms with E-state index in [4.69, 9.17) is 9.47 Å². The topological polar surface area (TPSA) is 52.6 Å². The van der Waals surface area contributed by atoms with Gasteiger partial charge in [0.15, 0.2) is 11.5 Å². The maximum atomic E-state index is 12.0. The largest absolute Gasteiger partial charge is 0.454 e. The standard InChI is InChI=1S/C21H28O4/c1-4-18(22)17(19(23)5-2)11-9-15(3)7-6-8-16-10-12-20-21(13-16)25-14-24-20/h7,10,12-13,17H,4-6,8-9,11,14H2,1-3H3/b15-7+. The number of ether oxygens (including phenoxy) is 2. The second-order valence-electron chi connectivity index (χ2n) is 6.51. The third kappa shape index (κ3) is 5.45. The molecule has 4 heteroatoms. The van der Waals surface area contributed by atoms with E-state index in [1.165, 1.54) is 11.1 Å². The molecule has 0 bridgehead atoms. The van der Waals surface area contributed by atoms with E-state index in [9.17, 15) is 9.59 Å². The molecule has 0 spiro atoms. The summed E-state index contributed by atoms with van der Waals surface area (Å²) in [6.45, 7) is 6.02. The maximum Gasteiger partial charge on any atom is 0.231 e. The SMILES string of the molecule is CCC(=O)C(CC/C(C)=C/CCc1ccc2c(c1)OCO2)C(=O)CC. The summed E-state index contributed by atoms with van der Waals surface area (Å²) >= 11 is 0. The zero-order valence-electron chi connectivity index (χ0n) is 15.5. The highest BCUT2D eigenvalue weighted by Crippen LogP contribution is 2.32. The third-order valence-electron chi connectivity index (χ3n) is 4.66. The van der Waals surface area contributed by atoms with E-state index in [2.05, 4.69) is 19.1 Å². The van der Waals surface area contributed by atoms with Crippen LogP contribution in [0.4, 0.5) is 0 Å². The summed E-state index contributed by atoms with van der Waals surface area (Å²) in [5.74, 6) is 1.34. The van der Waals surface area contributed by atoms with Crippen molar-refractivity contribution in [2.45, 2.75) is 59.3 Å². The van der Waals surface area contributed by atoms with Crippen molar-refractivity contribution in [2.75, 3.05) is 6.79 Å². The number of carbonyl (C=O) groups excluding carboxylic acids is 2. The van der Waals surface area contributed by atoms with Crippen molar-refractivity contribution < 1.29 is 19.1 Å². The van der Waals surface area contributed by atoms with Crippen molar-refractivity contribution in [1.82, 2.24) is 0 Å². The molecule has 0 saturated carbocycles. The predicted molar refractivity (Wildman–Crippen MR) is 98.0 cm³/mol. The molecule has 4 nitrogen and oxygen atoms in total. The molecule has 1 aliphatic heterocycles. The molecule has 0 saturated heterocycles. The van der Waals surface area contributed by atoms with E-state index >= 15 is 0 Å². The zero-order chi connectivity index (χ0) is 18.2. The smallest absolute Gasteiger partial charge is 0.231 e. The molecule has 0 unspecified atom stereocenters. The van der Waals surface area contributed by atoms with Crippen LogP contribution in [0, 0.1) is 5.92 Å². The highest BCUT2D eigenvalue weighted by atomic mass is 16.7. The lowest BCUT2D eigenvalue weighted by Crippen LogP contribution is -2.23. The van der Waals surface area contributed by atoms with Gasteiger partial charge in [-0.05, 0) is 50.3 Å². The molecule has 25 heavy (non-hydrogen) atoms.